The molecule has 1 atom stereocenters. The molecule has 1 aromatic heterocycles. The zero-order valence-electron chi connectivity index (χ0n) is 11.2. The second-order valence-electron chi connectivity index (χ2n) is 4.85. The SMILES string of the molecule is COCC(C)N(C)c1nc2c(cc1C#N)CCC2. The molecule has 18 heavy (non-hydrogen) atoms. The summed E-state index contributed by atoms with van der Waals surface area (Å²) in [6, 6.07) is 4.46. The number of rotatable bonds is 4. The number of methoxy groups -OCH3 is 1. The Balaban J connectivity index is 2.35. The number of anilines is 1. The summed E-state index contributed by atoms with van der Waals surface area (Å²) < 4.78 is 5.16. The van der Waals surface area contributed by atoms with E-state index in [1.165, 1.54) is 5.56 Å². The third-order valence-corrected chi connectivity index (χ3v) is 3.55. The number of ether oxygens (including phenoxy) is 1. The molecule has 2 rings (SSSR count). The van der Waals surface area contributed by atoms with E-state index in [0.29, 0.717) is 12.2 Å². The van der Waals surface area contributed by atoms with E-state index in [1.54, 1.807) is 7.11 Å². The van der Waals surface area contributed by atoms with Crippen LogP contribution in [0.1, 0.15) is 30.2 Å². The van der Waals surface area contributed by atoms with Crippen LogP contribution in [0.4, 0.5) is 5.82 Å². The fraction of sp³-hybridized carbons (Fsp3) is 0.571. The Morgan fingerprint density at radius 3 is 3.00 bits per heavy atom. The first kappa shape index (κ1) is 12.8. The molecular weight excluding hydrogens is 226 g/mol. The maximum absolute atomic E-state index is 9.26. The van der Waals surface area contributed by atoms with Gasteiger partial charge >= 0.3 is 0 Å². The van der Waals surface area contributed by atoms with E-state index in [-0.39, 0.29) is 6.04 Å². The van der Waals surface area contributed by atoms with Crippen molar-refractivity contribution in [2.24, 2.45) is 0 Å². The first-order valence-electron chi connectivity index (χ1n) is 6.32. The van der Waals surface area contributed by atoms with Gasteiger partial charge in [0.2, 0.25) is 0 Å². The summed E-state index contributed by atoms with van der Waals surface area (Å²) in [5, 5.41) is 9.26. The average Bonchev–Trinajstić information content (AvgIpc) is 2.83. The number of fused-ring (bicyclic) bond motifs is 1. The van der Waals surface area contributed by atoms with Crippen molar-refractivity contribution in [2.45, 2.75) is 32.2 Å². The van der Waals surface area contributed by atoms with E-state index in [4.69, 9.17) is 4.74 Å². The Hall–Kier alpha value is -1.60. The Labute approximate surface area is 108 Å². The Bertz CT molecular complexity index is 479. The Morgan fingerprint density at radius 1 is 1.56 bits per heavy atom. The van der Waals surface area contributed by atoms with Gasteiger partial charge < -0.3 is 9.64 Å². The number of likely N-dealkylation sites (N-methyl/N-ethyl adjacent to an activating group) is 1. The topological polar surface area (TPSA) is 49.1 Å². The number of hydrogen-bond donors (Lipinski definition) is 0. The maximum atomic E-state index is 9.26. The van der Waals surface area contributed by atoms with Gasteiger partial charge in [-0.05, 0) is 37.8 Å². The van der Waals surface area contributed by atoms with E-state index in [9.17, 15) is 5.26 Å². The monoisotopic (exact) mass is 245 g/mol. The zero-order chi connectivity index (χ0) is 13.1. The summed E-state index contributed by atoms with van der Waals surface area (Å²) in [4.78, 5) is 6.70. The molecule has 1 heterocycles. The molecule has 0 aromatic carbocycles. The van der Waals surface area contributed by atoms with Crippen molar-refractivity contribution in [3.8, 4) is 6.07 Å². The fourth-order valence-corrected chi connectivity index (χ4v) is 2.37. The number of aromatic nitrogens is 1. The lowest BCUT2D eigenvalue weighted by Gasteiger charge is -2.26. The molecule has 4 heteroatoms. The summed E-state index contributed by atoms with van der Waals surface area (Å²) in [6.07, 6.45) is 3.23. The van der Waals surface area contributed by atoms with Crippen LogP contribution in [0.3, 0.4) is 0 Å². The average molecular weight is 245 g/mol. The van der Waals surface area contributed by atoms with Crippen LogP contribution in [0.2, 0.25) is 0 Å². The van der Waals surface area contributed by atoms with Gasteiger partial charge in [0.25, 0.3) is 0 Å². The van der Waals surface area contributed by atoms with Gasteiger partial charge in [0.05, 0.1) is 18.2 Å². The molecule has 96 valence electrons. The quantitative estimate of drug-likeness (QED) is 0.813. The third kappa shape index (κ3) is 2.32. The van der Waals surface area contributed by atoms with Crippen LogP contribution in [0.25, 0.3) is 0 Å². The van der Waals surface area contributed by atoms with Gasteiger partial charge in [-0.25, -0.2) is 4.98 Å². The number of pyridine rings is 1. The molecule has 0 bridgehead atoms. The Morgan fingerprint density at radius 2 is 2.33 bits per heavy atom. The van der Waals surface area contributed by atoms with Gasteiger partial charge in [-0.1, -0.05) is 0 Å². The van der Waals surface area contributed by atoms with E-state index >= 15 is 0 Å². The predicted octanol–water partition coefficient (Wildman–Crippen LogP) is 1.91. The molecule has 1 aliphatic carbocycles. The molecule has 0 aliphatic heterocycles. The minimum Gasteiger partial charge on any atom is -0.383 e. The lowest BCUT2D eigenvalue weighted by Crippen LogP contribution is -2.34. The minimum atomic E-state index is 0.203. The van der Waals surface area contributed by atoms with Crippen molar-refractivity contribution in [3.05, 3.63) is 22.9 Å². The van der Waals surface area contributed by atoms with Gasteiger partial charge in [0, 0.05) is 19.9 Å². The van der Waals surface area contributed by atoms with Gasteiger partial charge in [-0.2, -0.15) is 5.26 Å². The highest BCUT2D eigenvalue weighted by atomic mass is 16.5. The summed E-state index contributed by atoms with van der Waals surface area (Å²) >= 11 is 0. The van der Waals surface area contributed by atoms with Crippen molar-refractivity contribution >= 4 is 5.82 Å². The number of aryl methyl sites for hydroxylation is 2. The normalized spacial score (nSPS) is 15.0. The van der Waals surface area contributed by atoms with E-state index in [1.807, 2.05) is 18.0 Å². The Kier molecular flexibility index (Phi) is 3.83. The second kappa shape index (κ2) is 5.36. The van der Waals surface area contributed by atoms with E-state index < -0.39 is 0 Å². The van der Waals surface area contributed by atoms with Crippen molar-refractivity contribution in [1.29, 1.82) is 5.26 Å². The molecule has 0 fully saturated rings. The lowest BCUT2D eigenvalue weighted by atomic mass is 10.1. The number of hydrogen-bond acceptors (Lipinski definition) is 4. The molecule has 0 saturated heterocycles. The molecule has 0 saturated carbocycles. The first-order valence-corrected chi connectivity index (χ1v) is 6.32. The van der Waals surface area contributed by atoms with Gasteiger partial charge in [0.15, 0.2) is 0 Å². The highest BCUT2D eigenvalue weighted by Gasteiger charge is 2.20. The van der Waals surface area contributed by atoms with Crippen molar-refractivity contribution in [3.63, 3.8) is 0 Å². The highest BCUT2D eigenvalue weighted by Crippen LogP contribution is 2.27. The second-order valence-corrected chi connectivity index (χ2v) is 4.85. The van der Waals surface area contributed by atoms with Gasteiger partial charge in [0.1, 0.15) is 11.9 Å². The molecule has 0 spiro atoms. The standard InChI is InChI=1S/C14H19N3O/c1-10(9-18-3)17(2)14-12(8-15)7-11-5-4-6-13(11)16-14/h7,10H,4-6,9H2,1-3H3. The fourth-order valence-electron chi connectivity index (χ4n) is 2.37. The summed E-state index contributed by atoms with van der Waals surface area (Å²) in [5.41, 5.74) is 3.06. The molecule has 4 nitrogen and oxygen atoms in total. The van der Waals surface area contributed by atoms with Crippen LogP contribution in [0, 0.1) is 11.3 Å². The van der Waals surface area contributed by atoms with Crippen molar-refractivity contribution in [1.82, 2.24) is 4.98 Å². The summed E-state index contributed by atoms with van der Waals surface area (Å²) in [6.45, 7) is 2.69. The molecule has 0 radical (unpaired) electrons. The van der Waals surface area contributed by atoms with Crippen LogP contribution >= 0.6 is 0 Å². The minimum absolute atomic E-state index is 0.203. The summed E-state index contributed by atoms with van der Waals surface area (Å²) in [5.74, 6) is 0.780. The van der Waals surface area contributed by atoms with Gasteiger partial charge in [-0.3, -0.25) is 0 Å². The molecule has 0 N–H and O–H groups in total. The molecule has 1 aliphatic rings. The molecule has 0 amide bonds. The third-order valence-electron chi connectivity index (χ3n) is 3.55. The maximum Gasteiger partial charge on any atom is 0.146 e. The van der Waals surface area contributed by atoms with Crippen molar-refractivity contribution in [2.75, 3.05) is 25.7 Å². The van der Waals surface area contributed by atoms with Crippen LogP contribution in [0.15, 0.2) is 6.07 Å². The van der Waals surface area contributed by atoms with Crippen LogP contribution in [0.5, 0.6) is 0 Å². The zero-order valence-corrected chi connectivity index (χ0v) is 11.2. The van der Waals surface area contributed by atoms with Crippen LogP contribution in [-0.2, 0) is 17.6 Å². The van der Waals surface area contributed by atoms with Crippen LogP contribution in [-0.4, -0.2) is 31.8 Å². The molecule has 1 aromatic rings. The lowest BCUT2D eigenvalue weighted by molar-refractivity contribution is 0.183. The van der Waals surface area contributed by atoms with Gasteiger partial charge in [-0.15, -0.1) is 0 Å². The smallest absolute Gasteiger partial charge is 0.146 e. The largest absolute Gasteiger partial charge is 0.383 e. The van der Waals surface area contributed by atoms with Crippen molar-refractivity contribution < 1.29 is 4.74 Å². The predicted molar refractivity (Wildman–Crippen MR) is 70.7 cm³/mol. The number of nitrogens with zero attached hydrogens (tertiary/aromatic N) is 3. The highest BCUT2D eigenvalue weighted by molar-refractivity contribution is 5.56. The molecule has 1 unspecified atom stereocenters. The number of nitriles is 1. The van der Waals surface area contributed by atoms with E-state index in [0.717, 1.165) is 30.8 Å². The van der Waals surface area contributed by atoms with E-state index in [2.05, 4.69) is 18.0 Å². The molecular formula is C14H19N3O. The first-order chi connectivity index (χ1) is 8.67. The van der Waals surface area contributed by atoms with Crippen LogP contribution < -0.4 is 4.90 Å². The summed E-state index contributed by atoms with van der Waals surface area (Å²) in [7, 11) is 3.65.